The molecule has 0 aliphatic rings. The Hall–Kier alpha value is -4.85. The number of carbonyl (C=O) groups excluding carboxylic acids is 2. The number of nitrogens with zero attached hydrogens (tertiary/aromatic N) is 2. The smallest absolute Gasteiger partial charge is 0.256 e. The van der Waals surface area contributed by atoms with Gasteiger partial charge in [0.1, 0.15) is 17.1 Å². The Kier molecular flexibility index (Phi) is 6.48. The third kappa shape index (κ3) is 5.12. The van der Waals surface area contributed by atoms with Crippen LogP contribution in [0.2, 0.25) is 0 Å². The van der Waals surface area contributed by atoms with Crippen LogP contribution in [0.15, 0.2) is 91.1 Å². The lowest BCUT2D eigenvalue weighted by molar-refractivity contribution is 0.0950. The number of nitrogens with one attached hydrogen (secondary N) is 2. The van der Waals surface area contributed by atoms with Crippen molar-refractivity contribution in [3.05, 3.63) is 119 Å². The molecule has 2 aromatic heterocycles. The second-order valence-electron chi connectivity index (χ2n) is 8.05. The summed E-state index contributed by atoms with van der Waals surface area (Å²) in [5.74, 6) is -0.0434. The van der Waals surface area contributed by atoms with Gasteiger partial charge in [-0.1, -0.05) is 24.3 Å². The average Bonchev–Trinajstić information content (AvgIpc) is 3.35. The van der Waals surface area contributed by atoms with E-state index in [1.165, 1.54) is 18.3 Å². The lowest BCUT2D eigenvalue weighted by Crippen LogP contribution is -2.26. The van der Waals surface area contributed by atoms with Crippen molar-refractivity contribution >= 4 is 22.7 Å². The number of hydrogen-bond acceptors (Lipinski definition) is 5. The molecule has 0 saturated carbocycles. The Bertz CT molecular complexity index is 1500. The van der Waals surface area contributed by atoms with Crippen LogP contribution in [0.5, 0.6) is 11.6 Å². The molecule has 3 aromatic carbocycles. The van der Waals surface area contributed by atoms with Gasteiger partial charge < -0.3 is 15.0 Å². The molecule has 0 unspecified atom stereocenters. The molecule has 0 spiro atoms. The first kappa shape index (κ1) is 22.9. The summed E-state index contributed by atoms with van der Waals surface area (Å²) >= 11 is 0. The van der Waals surface area contributed by atoms with Crippen LogP contribution >= 0.6 is 0 Å². The van der Waals surface area contributed by atoms with Gasteiger partial charge in [0, 0.05) is 18.3 Å². The number of aromatic amines is 1. The molecular formula is C28H21FN4O3. The number of rotatable bonds is 8. The van der Waals surface area contributed by atoms with E-state index in [4.69, 9.17) is 4.74 Å². The molecule has 0 radical (unpaired) electrons. The van der Waals surface area contributed by atoms with Crippen LogP contribution < -0.4 is 10.1 Å². The van der Waals surface area contributed by atoms with Crippen LogP contribution in [0.25, 0.3) is 11.0 Å². The zero-order chi connectivity index (χ0) is 24.9. The SMILES string of the molecule is O=C(c1ccc(Oc2ncccc2C(=O)NCCc2ccc(F)cc2)cc1)c1nc2ccccc2[nH]1. The van der Waals surface area contributed by atoms with Gasteiger partial charge in [0.25, 0.3) is 5.91 Å². The van der Waals surface area contributed by atoms with Crippen LogP contribution in [0.4, 0.5) is 4.39 Å². The lowest BCUT2D eigenvalue weighted by Gasteiger charge is -2.11. The predicted molar refractivity (Wildman–Crippen MR) is 133 cm³/mol. The van der Waals surface area contributed by atoms with Crippen LogP contribution in [0, 0.1) is 5.82 Å². The maximum absolute atomic E-state index is 13.0. The predicted octanol–water partition coefficient (Wildman–Crippen LogP) is 5.09. The van der Waals surface area contributed by atoms with Crippen LogP contribution in [-0.2, 0) is 6.42 Å². The van der Waals surface area contributed by atoms with Gasteiger partial charge in [-0.2, -0.15) is 0 Å². The molecule has 8 heteroatoms. The van der Waals surface area contributed by atoms with E-state index in [0.717, 1.165) is 16.6 Å². The number of ether oxygens (including phenoxy) is 1. The second-order valence-corrected chi connectivity index (χ2v) is 8.05. The molecule has 2 N–H and O–H groups in total. The Morgan fingerprint density at radius 2 is 1.69 bits per heavy atom. The Morgan fingerprint density at radius 3 is 2.47 bits per heavy atom. The van der Waals surface area contributed by atoms with Crippen molar-refractivity contribution in [1.82, 2.24) is 20.3 Å². The van der Waals surface area contributed by atoms with Crippen molar-refractivity contribution in [3.8, 4) is 11.6 Å². The minimum Gasteiger partial charge on any atom is -0.438 e. The fourth-order valence-electron chi connectivity index (χ4n) is 3.69. The number of imidazole rings is 1. The minimum atomic E-state index is -0.336. The molecule has 1 amide bonds. The molecule has 5 aromatic rings. The highest BCUT2D eigenvalue weighted by Gasteiger charge is 2.16. The van der Waals surface area contributed by atoms with E-state index in [-0.39, 0.29) is 34.8 Å². The number of carbonyl (C=O) groups is 2. The van der Waals surface area contributed by atoms with Gasteiger partial charge in [-0.25, -0.2) is 14.4 Å². The van der Waals surface area contributed by atoms with Gasteiger partial charge >= 0.3 is 0 Å². The van der Waals surface area contributed by atoms with E-state index in [1.54, 1.807) is 48.5 Å². The molecule has 0 fully saturated rings. The molecule has 5 rings (SSSR count). The fourth-order valence-corrected chi connectivity index (χ4v) is 3.69. The topological polar surface area (TPSA) is 97.0 Å². The van der Waals surface area contributed by atoms with Gasteiger partial charge in [0.2, 0.25) is 11.7 Å². The van der Waals surface area contributed by atoms with E-state index in [0.29, 0.717) is 24.3 Å². The maximum Gasteiger partial charge on any atom is 0.256 e. The largest absolute Gasteiger partial charge is 0.438 e. The summed E-state index contributed by atoms with van der Waals surface area (Å²) in [4.78, 5) is 37.1. The normalized spacial score (nSPS) is 10.8. The summed E-state index contributed by atoms with van der Waals surface area (Å²) in [5, 5.41) is 2.83. The number of halogens is 1. The van der Waals surface area contributed by atoms with Crippen LogP contribution in [0.1, 0.15) is 32.1 Å². The number of hydrogen-bond donors (Lipinski definition) is 2. The zero-order valence-corrected chi connectivity index (χ0v) is 19.1. The maximum atomic E-state index is 13.0. The van der Waals surface area contributed by atoms with E-state index in [1.807, 2.05) is 24.3 Å². The highest BCUT2D eigenvalue weighted by atomic mass is 19.1. The molecule has 36 heavy (non-hydrogen) atoms. The van der Waals surface area contributed by atoms with Crippen molar-refractivity contribution in [2.75, 3.05) is 6.54 Å². The van der Waals surface area contributed by atoms with Crippen molar-refractivity contribution in [2.45, 2.75) is 6.42 Å². The summed E-state index contributed by atoms with van der Waals surface area (Å²) in [6, 6.07) is 23.4. The van der Waals surface area contributed by atoms with Crippen LogP contribution in [-0.4, -0.2) is 33.2 Å². The number of ketones is 1. The molecule has 0 saturated heterocycles. The molecule has 0 atom stereocenters. The first-order valence-electron chi connectivity index (χ1n) is 11.3. The summed E-state index contributed by atoms with van der Waals surface area (Å²) < 4.78 is 18.9. The highest BCUT2D eigenvalue weighted by Crippen LogP contribution is 2.24. The number of para-hydroxylation sites is 2. The molecule has 0 aliphatic carbocycles. The molecule has 7 nitrogen and oxygen atoms in total. The third-order valence-electron chi connectivity index (χ3n) is 5.56. The van der Waals surface area contributed by atoms with Gasteiger partial charge in [-0.3, -0.25) is 9.59 Å². The van der Waals surface area contributed by atoms with Crippen molar-refractivity contribution < 1.29 is 18.7 Å². The fraction of sp³-hybridized carbons (Fsp3) is 0.0714. The molecule has 178 valence electrons. The second kappa shape index (κ2) is 10.2. The Labute approximate surface area is 206 Å². The van der Waals surface area contributed by atoms with Crippen molar-refractivity contribution in [2.24, 2.45) is 0 Å². The lowest BCUT2D eigenvalue weighted by atomic mass is 10.1. The molecule has 2 heterocycles. The summed E-state index contributed by atoms with van der Waals surface area (Å²) in [5.41, 5.74) is 3.15. The molecular weight excluding hydrogens is 459 g/mol. The number of pyridine rings is 1. The number of benzene rings is 3. The molecule has 0 aliphatic heterocycles. The van der Waals surface area contributed by atoms with Crippen LogP contribution in [0.3, 0.4) is 0 Å². The highest BCUT2D eigenvalue weighted by molar-refractivity contribution is 6.08. The average molecular weight is 480 g/mol. The standard InChI is InChI=1S/C28H21FN4O3/c29-20-11-7-18(8-12-20)15-17-30-27(35)22-4-3-16-31-28(22)36-21-13-9-19(10-14-21)25(34)26-32-23-5-1-2-6-24(23)33-26/h1-14,16H,15,17H2,(H,30,35)(H,32,33). The summed E-state index contributed by atoms with van der Waals surface area (Å²) in [6.07, 6.45) is 2.09. The van der Waals surface area contributed by atoms with E-state index in [2.05, 4.69) is 20.3 Å². The minimum absolute atomic E-state index is 0.146. The van der Waals surface area contributed by atoms with Gasteiger partial charge in [-0.15, -0.1) is 0 Å². The van der Waals surface area contributed by atoms with E-state index in [9.17, 15) is 14.0 Å². The molecule has 0 bridgehead atoms. The first-order chi connectivity index (χ1) is 17.6. The number of aromatic nitrogens is 3. The van der Waals surface area contributed by atoms with E-state index < -0.39 is 0 Å². The summed E-state index contributed by atoms with van der Waals surface area (Å²) in [7, 11) is 0. The van der Waals surface area contributed by atoms with E-state index >= 15 is 0 Å². The number of H-pyrrole nitrogens is 1. The zero-order valence-electron chi connectivity index (χ0n) is 19.1. The number of fused-ring (bicyclic) bond motifs is 1. The van der Waals surface area contributed by atoms with Gasteiger partial charge in [0.05, 0.1) is 11.0 Å². The quantitative estimate of drug-likeness (QED) is 0.302. The van der Waals surface area contributed by atoms with Gasteiger partial charge in [-0.05, 0) is 72.6 Å². The summed E-state index contributed by atoms with van der Waals surface area (Å²) in [6.45, 7) is 0.372. The third-order valence-corrected chi connectivity index (χ3v) is 5.56. The van der Waals surface area contributed by atoms with Gasteiger partial charge in [0.15, 0.2) is 5.82 Å². The Balaban J connectivity index is 1.24. The van der Waals surface area contributed by atoms with Crippen molar-refractivity contribution in [1.29, 1.82) is 0 Å². The Morgan fingerprint density at radius 1 is 0.917 bits per heavy atom. The monoisotopic (exact) mass is 480 g/mol. The van der Waals surface area contributed by atoms with Crippen molar-refractivity contribution in [3.63, 3.8) is 0 Å². The number of amides is 1. The first-order valence-corrected chi connectivity index (χ1v) is 11.3.